The second kappa shape index (κ2) is 5.42. The van der Waals surface area contributed by atoms with E-state index < -0.39 is 10.5 Å². The van der Waals surface area contributed by atoms with Crippen LogP contribution < -0.4 is 5.32 Å². The van der Waals surface area contributed by atoms with E-state index in [1.54, 1.807) is 25.1 Å². The molecule has 6 heteroatoms. The lowest BCUT2D eigenvalue weighted by Gasteiger charge is -2.22. The van der Waals surface area contributed by atoms with Crippen molar-refractivity contribution in [3.8, 4) is 0 Å². The van der Waals surface area contributed by atoms with E-state index in [-0.39, 0.29) is 5.69 Å². The van der Waals surface area contributed by atoms with Crippen molar-refractivity contribution in [3.63, 3.8) is 0 Å². The number of anilines is 1. The fraction of sp³-hybridized carbons (Fsp3) is 0.357. The topological polar surface area (TPSA) is 88.3 Å². The highest BCUT2D eigenvalue weighted by Gasteiger charge is 2.19. The Kier molecular flexibility index (Phi) is 3.85. The first-order valence-electron chi connectivity index (χ1n) is 6.43. The minimum Gasteiger partial charge on any atom is -0.388 e. The van der Waals surface area contributed by atoms with E-state index in [9.17, 15) is 15.2 Å². The molecule has 20 heavy (non-hydrogen) atoms. The van der Waals surface area contributed by atoms with Crippen LogP contribution in [-0.2, 0) is 0 Å². The number of benzene rings is 1. The molecule has 2 N–H and O–H groups in total. The Morgan fingerprint density at radius 3 is 2.85 bits per heavy atom. The molecule has 2 rings (SSSR count). The molecular weight excluding hydrogens is 258 g/mol. The van der Waals surface area contributed by atoms with Gasteiger partial charge in [-0.3, -0.25) is 10.1 Å². The van der Waals surface area contributed by atoms with E-state index in [0.717, 1.165) is 5.69 Å². The Morgan fingerprint density at radius 2 is 2.20 bits per heavy atom. The summed E-state index contributed by atoms with van der Waals surface area (Å²) in [5, 5.41) is 24.8. The number of non-ortho nitro benzene ring substituents is 1. The minimum atomic E-state index is -0.823. The van der Waals surface area contributed by atoms with Crippen molar-refractivity contribution < 1.29 is 10.0 Å². The third-order valence-electron chi connectivity index (χ3n) is 3.37. The standard InChI is InChI=1S/C14H17N3O3/c1-3-14(2,18)9-16-11-6-7-12(17(19)20)13-10(11)5-4-8-15-13/h4-8,16,18H,3,9H2,1-2H3. The lowest BCUT2D eigenvalue weighted by Crippen LogP contribution is -2.32. The molecule has 0 fully saturated rings. The maximum atomic E-state index is 11.0. The van der Waals surface area contributed by atoms with Gasteiger partial charge in [0.05, 0.1) is 10.5 Å². The van der Waals surface area contributed by atoms with Crippen molar-refractivity contribution in [1.82, 2.24) is 4.98 Å². The first-order valence-corrected chi connectivity index (χ1v) is 6.43. The molecule has 0 aliphatic carbocycles. The number of hydrogen-bond donors (Lipinski definition) is 2. The van der Waals surface area contributed by atoms with Crippen molar-refractivity contribution in [2.24, 2.45) is 0 Å². The Hall–Kier alpha value is -2.21. The molecule has 0 radical (unpaired) electrons. The van der Waals surface area contributed by atoms with Crippen molar-refractivity contribution in [1.29, 1.82) is 0 Å². The van der Waals surface area contributed by atoms with Crippen molar-refractivity contribution >= 4 is 22.3 Å². The summed E-state index contributed by atoms with van der Waals surface area (Å²) < 4.78 is 0. The number of aromatic nitrogens is 1. The van der Waals surface area contributed by atoms with Gasteiger partial charge in [0, 0.05) is 29.9 Å². The average molecular weight is 275 g/mol. The summed E-state index contributed by atoms with van der Waals surface area (Å²) in [5.74, 6) is 0. The SMILES string of the molecule is CCC(C)(O)CNc1ccc([N+](=O)[O-])c2ncccc12. The zero-order valence-corrected chi connectivity index (χ0v) is 11.5. The van der Waals surface area contributed by atoms with Crippen molar-refractivity contribution in [2.75, 3.05) is 11.9 Å². The van der Waals surface area contributed by atoms with Crippen LogP contribution >= 0.6 is 0 Å². The first kappa shape index (κ1) is 14.2. The molecule has 0 aliphatic heterocycles. The smallest absolute Gasteiger partial charge is 0.295 e. The van der Waals surface area contributed by atoms with Crippen molar-refractivity contribution in [2.45, 2.75) is 25.9 Å². The van der Waals surface area contributed by atoms with Gasteiger partial charge in [-0.25, -0.2) is 4.98 Å². The minimum absolute atomic E-state index is 0.0200. The molecule has 1 unspecified atom stereocenters. The van der Waals surface area contributed by atoms with Gasteiger partial charge in [-0.15, -0.1) is 0 Å². The van der Waals surface area contributed by atoms with E-state index in [1.165, 1.54) is 12.3 Å². The van der Waals surface area contributed by atoms with E-state index in [0.29, 0.717) is 23.9 Å². The number of nitro benzene ring substituents is 1. The molecule has 0 spiro atoms. The molecule has 0 bridgehead atoms. The van der Waals surface area contributed by atoms with E-state index >= 15 is 0 Å². The number of nitrogens with zero attached hydrogens (tertiary/aromatic N) is 2. The molecule has 2 aromatic rings. The summed E-state index contributed by atoms with van der Waals surface area (Å²) in [6.07, 6.45) is 2.14. The number of hydrogen-bond acceptors (Lipinski definition) is 5. The van der Waals surface area contributed by atoms with Crippen LogP contribution in [0.3, 0.4) is 0 Å². The highest BCUT2D eigenvalue weighted by atomic mass is 16.6. The number of fused-ring (bicyclic) bond motifs is 1. The third-order valence-corrected chi connectivity index (χ3v) is 3.37. The summed E-state index contributed by atoms with van der Waals surface area (Å²) in [4.78, 5) is 14.6. The van der Waals surface area contributed by atoms with Gasteiger partial charge in [0.1, 0.15) is 5.52 Å². The van der Waals surface area contributed by atoms with Gasteiger partial charge in [0.2, 0.25) is 0 Å². The molecule has 0 aliphatic rings. The molecule has 1 aromatic carbocycles. The van der Waals surface area contributed by atoms with E-state index in [2.05, 4.69) is 10.3 Å². The molecule has 0 saturated heterocycles. The van der Waals surface area contributed by atoms with Gasteiger partial charge in [0.15, 0.2) is 0 Å². The van der Waals surface area contributed by atoms with Crippen molar-refractivity contribution in [3.05, 3.63) is 40.6 Å². The van der Waals surface area contributed by atoms with Crippen LogP contribution in [0.4, 0.5) is 11.4 Å². The fourth-order valence-electron chi connectivity index (χ4n) is 1.87. The van der Waals surface area contributed by atoms with Gasteiger partial charge in [-0.2, -0.15) is 0 Å². The zero-order chi connectivity index (χ0) is 14.8. The molecule has 1 heterocycles. The molecule has 106 valence electrons. The highest BCUT2D eigenvalue weighted by molar-refractivity contribution is 5.96. The van der Waals surface area contributed by atoms with E-state index in [4.69, 9.17) is 0 Å². The predicted molar refractivity (Wildman–Crippen MR) is 77.8 cm³/mol. The quantitative estimate of drug-likeness (QED) is 0.647. The van der Waals surface area contributed by atoms with Gasteiger partial charge in [-0.1, -0.05) is 6.92 Å². The number of aliphatic hydroxyl groups is 1. The van der Waals surface area contributed by atoms with E-state index in [1.807, 2.05) is 6.92 Å². The number of pyridine rings is 1. The van der Waals surface area contributed by atoms with Crippen LogP contribution in [0.25, 0.3) is 10.9 Å². The van der Waals surface area contributed by atoms with Gasteiger partial charge < -0.3 is 10.4 Å². The first-order chi connectivity index (χ1) is 9.44. The second-order valence-corrected chi connectivity index (χ2v) is 4.99. The monoisotopic (exact) mass is 275 g/mol. The molecule has 1 aromatic heterocycles. The third kappa shape index (κ3) is 2.85. The number of nitrogens with one attached hydrogen (secondary N) is 1. The lowest BCUT2D eigenvalue weighted by atomic mass is 10.0. The van der Waals surface area contributed by atoms with Crippen LogP contribution in [0.2, 0.25) is 0 Å². The van der Waals surface area contributed by atoms with Gasteiger partial charge in [0.25, 0.3) is 5.69 Å². The Bertz CT molecular complexity index is 641. The van der Waals surface area contributed by atoms with Gasteiger partial charge >= 0.3 is 0 Å². The summed E-state index contributed by atoms with van der Waals surface area (Å²) >= 11 is 0. The molecule has 6 nitrogen and oxygen atoms in total. The summed E-state index contributed by atoms with van der Waals surface area (Å²) in [5.41, 5.74) is 0.232. The Labute approximate surface area is 116 Å². The highest BCUT2D eigenvalue weighted by Crippen LogP contribution is 2.29. The summed E-state index contributed by atoms with van der Waals surface area (Å²) in [6.45, 7) is 4.01. The fourth-order valence-corrected chi connectivity index (χ4v) is 1.87. The van der Waals surface area contributed by atoms with Crippen LogP contribution in [0.5, 0.6) is 0 Å². The van der Waals surface area contributed by atoms with Crippen LogP contribution in [-0.4, -0.2) is 27.2 Å². The van der Waals surface area contributed by atoms with Crippen LogP contribution in [0.15, 0.2) is 30.5 Å². The predicted octanol–water partition coefficient (Wildman–Crippen LogP) is 2.72. The Morgan fingerprint density at radius 1 is 1.45 bits per heavy atom. The normalized spacial score (nSPS) is 13.9. The second-order valence-electron chi connectivity index (χ2n) is 4.99. The number of nitro groups is 1. The average Bonchev–Trinajstić information content (AvgIpc) is 2.44. The Balaban J connectivity index is 2.41. The molecule has 0 amide bonds. The molecule has 0 saturated carbocycles. The summed E-state index contributed by atoms with van der Waals surface area (Å²) in [6, 6.07) is 6.58. The van der Waals surface area contributed by atoms with Crippen LogP contribution in [0, 0.1) is 10.1 Å². The zero-order valence-electron chi connectivity index (χ0n) is 11.5. The largest absolute Gasteiger partial charge is 0.388 e. The number of rotatable bonds is 5. The molecule has 1 atom stereocenters. The maximum absolute atomic E-state index is 11.0. The maximum Gasteiger partial charge on any atom is 0.295 e. The summed E-state index contributed by atoms with van der Waals surface area (Å²) in [7, 11) is 0. The van der Waals surface area contributed by atoms with Crippen LogP contribution in [0.1, 0.15) is 20.3 Å². The molecular formula is C14H17N3O3. The van der Waals surface area contributed by atoms with Gasteiger partial charge in [-0.05, 0) is 31.5 Å². The lowest BCUT2D eigenvalue weighted by molar-refractivity contribution is -0.383.